The van der Waals surface area contributed by atoms with Crippen LogP contribution in [0.5, 0.6) is 0 Å². The Labute approximate surface area is 180 Å². The Morgan fingerprint density at radius 2 is 2.10 bits per heavy atom. The lowest BCUT2D eigenvalue weighted by atomic mass is 10.1. The van der Waals surface area contributed by atoms with Crippen LogP contribution < -0.4 is 10.6 Å². The molecule has 2 amide bonds. The normalized spacial score (nSPS) is 17.4. The van der Waals surface area contributed by atoms with Crippen molar-refractivity contribution in [1.29, 1.82) is 0 Å². The minimum Gasteiger partial charge on any atom is -0.386 e. The number of likely N-dealkylation sites (N-methyl/N-ethyl adjacent to an activating group) is 1. The van der Waals surface area contributed by atoms with E-state index in [4.69, 9.17) is 0 Å². The number of nitrogens with one attached hydrogen (secondary N) is 2. The lowest BCUT2D eigenvalue weighted by Crippen LogP contribution is -2.46. The number of aldehydes is 2. The molecule has 1 aromatic rings. The third kappa shape index (κ3) is 5.75. The monoisotopic (exact) mass is 427 g/mol. The molecule has 0 bridgehead atoms. The average Bonchev–Trinajstić information content (AvgIpc) is 3.08. The number of hydrogen-bond donors (Lipinski definition) is 2. The van der Waals surface area contributed by atoms with Crippen molar-refractivity contribution in [2.24, 2.45) is 0 Å². The third-order valence-corrected chi connectivity index (χ3v) is 4.92. The van der Waals surface area contributed by atoms with Crippen molar-refractivity contribution >= 4 is 24.4 Å². The quantitative estimate of drug-likeness (QED) is 0.440. The number of hydrogen-bond acceptors (Lipinski definition) is 5. The minimum absolute atomic E-state index is 0.0218. The van der Waals surface area contributed by atoms with E-state index in [1.807, 2.05) is 6.92 Å². The van der Waals surface area contributed by atoms with E-state index in [0.29, 0.717) is 29.3 Å². The molecular formula is C23H26FN3O4. The summed E-state index contributed by atoms with van der Waals surface area (Å²) >= 11 is 0. The molecule has 1 unspecified atom stereocenters. The summed E-state index contributed by atoms with van der Waals surface area (Å²) < 4.78 is 14.2. The van der Waals surface area contributed by atoms with E-state index < -0.39 is 11.9 Å². The van der Waals surface area contributed by atoms with E-state index in [1.54, 1.807) is 36.6 Å². The SMILES string of the molecule is C\C=C/C=C1/C(=O)N(C(CCC=O)C(=O)NC)C/C1=C\NCc1cccc(C=O)c1F. The molecule has 0 saturated carbocycles. The van der Waals surface area contributed by atoms with Gasteiger partial charge < -0.3 is 20.3 Å². The predicted molar refractivity (Wildman–Crippen MR) is 114 cm³/mol. The Hall–Kier alpha value is -3.55. The Morgan fingerprint density at radius 1 is 1.32 bits per heavy atom. The number of allylic oxidation sites excluding steroid dienone is 3. The molecule has 1 saturated heterocycles. The Balaban J connectivity index is 2.27. The fourth-order valence-electron chi connectivity index (χ4n) is 3.31. The molecular weight excluding hydrogens is 401 g/mol. The number of nitrogens with zero attached hydrogens (tertiary/aromatic N) is 1. The highest BCUT2D eigenvalue weighted by molar-refractivity contribution is 6.04. The number of halogens is 1. The summed E-state index contributed by atoms with van der Waals surface area (Å²) in [6.07, 6.45) is 8.31. The fourth-order valence-corrected chi connectivity index (χ4v) is 3.31. The van der Waals surface area contributed by atoms with Crippen LogP contribution >= 0.6 is 0 Å². The van der Waals surface area contributed by atoms with E-state index in [9.17, 15) is 23.6 Å². The molecule has 164 valence electrons. The summed E-state index contributed by atoms with van der Waals surface area (Å²) in [6, 6.07) is 3.78. The van der Waals surface area contributed by atoms with Crippen LogP contribution in [-0.4, -0.2) is 48.9 Å². The van der Waals surface area contributed by atoms with Crippen molar-refractivity contribution in [3.8, 4) is 0 Å². The smallest absolute Gasteiger partial charge is 0.255 e. The van der Waals surface area contributed by atoms with Crippen LogP contribution in [0.15, 0.2) is 53.8 Å². The van der Waals surface area contributed by atoms with Gasteiger partial charge in [-0.3, -0.25) is 14.4 Å². The summed E-state index contributed by atoms with van der Waals surface area (Å²) in [6.45, 7) is 2.10. The minimum atomic E-state index is -0.774. The molecule has 0 spiro atoms. The van der Waals surface area contributed by atoms with E-state index >= 15 is 0 Å². The lowest BCUT2D eigenvalue weighted by Gasteiger charge is -2.25. The summed E-state index contributed by atoms with van der Waals surface area (Å²) in [5.41, 5.74) is 1.34. The largest absolute Gasteiger partial charge is 0.386 e. The van der Waals surface area contributed by atoms with Gasteiger partial charge in [0.05, 0.1) is 5.56 Å². The number of likely N-dealkylation sites (tertiary alicyclic amines) is 1. The van der Waals surface area contributed by atoms with E-state index in [2.05, 4.69) is 10.6 Å². The number of amides is 2. The average molecular weight is 427 g/mol. The second-order valence-electron chi connectivity index (χ2n) is 6.90. The van der Waals surface area contributed by atoms with Gasteiger partial charge in [0, 0.05) is 43.9 Å². The number of carbonyl (C=O) groups excluding carboxylic acids is 4. The molecule has 1 aliphatic heterocycles. The molecule has 1 aromatic carbocycles. The van der Waals surface area contributed by atoms with Crippen LogP contribution in [0, 0.1) is 5.82 Å². The maximum Gasteiger partial charge on any atom is 0.255 e. The van der Waals surface area contributed by atoms with Gasteiger partial charge in [-0.2, -0.15) is 0 Å². The van der Waals surface area contributed by atoms with Crippen molar-refractivity contribution in [1.82, 2.24) is 15.5 Å². The van der Waals surface area contributed by atoms with Crippen molar-refractivity contribution < 1.29 is 23.6 Å². The van der Waals surface area contributed by atoms with Gasteiger partial charge in [0.15, 0.2) is 6.29 Å². The van der Waals surface area contributed by atoms with Gasteiger partial charge >= 0.3 is 0 Å². The molecule has 2 rings (SSSR count). The number of carbonyl (C=O) groups is 4. The highest BCUT2D eigenvalue weighted by atomic mass is 19.1. The Morgan fingerprint density at radius 3 is 2.74 bits per heavy atom. The topological polar surface area (TPSA) is 95.6 Å². The van der Waals surface area contributed by atoms with Gasteiger partial charge in [-0.15, -0.1) is 0 Å². The third-order valence-electron chi connectivity index (χ3n) is 4.92. The van der Waals surface area contributed by atoms with Crippen LogP contribution in [0.1, 0.15) is 35.7 Å². The van der Waals surface area contributed by atoms with Gasteiger partial charge in [-0.05, 0) is 31.1 Å². The zero-order chi connectivity index (χ0) is 22.8. The molecule has 0 aliphatic carbocycles. The first-order valence-electron chi connectivity index (χ1n) is 9.93. The molecule has 1 fully saturated rings. The molecule has 0 radical (unpaired) electrons. The molecule has 2 N–H and O–H groups in total. The Kier molecular flexibility index (Phi) is 8.87. The van der Waals surface area contributed by atoms with Crippen LogP contribution in [0.3, 0.4) is 0 Å². The molecule has 1 heterocycles. The second-order valence-corrected chi connectivity index (χ2v) is 6.90. The van der Waals surface area contributed by atoms with Crippen LogP contribution in [0.2, 0.25) is 0 Å². The van der Waals surface area contributed by atoms with E-state index in [1.165, 1.54) is 18.0 Å². The highest BCUT2D eigenvalue weighted by Crippen LogP contribution is 2.27. The van der Waals surface area contributed by atoms with Gasteiger partial charge in [-0.1, -0.05) is 24.3 Å². The maximum atomic E-state index is 14.2. The first-order valence-corrected chi connectivity index (χ1v) is 9.93. The van der Waals surface area contributed by atoms with Crippen molar-refractivity contribution in [3.05, 3.63) is 70.7 Å². The molecule has 31 heavy (non-hydrogen) atoms. The van der Waals surface area contributed by atoms with Gasteiger partial charge in [0.25, 0.3) is 5.91 Å². The van der Waals surface area contributed by atoms with Gasteiger partial charge in [0.1, 0.15) is 18.1 Å². The van der Waals surface area contributed by atoms with Gasteiger partial charge in [0.2, 0.25) is 5.91 Å². The number of rotatable bonds is 10. The first-order chi connectivity index (χ1) is 15.0. The van der Waals surface area contributed by atoms with Crippen LogP contribution in [0.4, 0.5) is 4.39 Å². The van der Waals surface area contributed by atoms with Crippen molar-refractivity contribution in [2.75, 3.05) is 13.6 Å². The predicted octanol–water partition coefficient (Wildman–Crippen LogP) is 2.05. The summed E-state index contributed by atoms with van der Waals surface area (Å²) in [4.78, 5) is 48.5. The van der Waals surface area contributed by atoms with Crippen molar-refractivity contribution in [3.63, 3.8) is 0 Å². The second kappa shape index (κ2) is 11.6. The zero-order valence-electron chi connectivity index (χ0n) is 17.6. The Bertz CT molecular complexity index is 937. The summed E-state index contributed by atoms with van der Waals surface area (Å²) in [7, 11) is 1.48. The molecule has 1 atom stereocenters. The standard InChI is InChI=1S/C23H26FN3O4/c1-3-4-9-19-18(13-26-12-16-7-5-8-17(15-29)21(16)24)14-27(23(19)31)20(10-6-11-28)22(30)25-2/h3-5,7-9,11,13,15,20,26H,6,10,12,14H2,1-2H3,(H,25,30)/b4-3-,18-13+,19-9+. The van der Waals surface area contributed by atoms with E-state index in [-0.39, 0.29) is 43.3 Å². The summed E-state index contributed by atoms with van der Waals surface area (Å²) in [5.74, 6) is -1.26. The van der Waals surface area contributed by atoms with Crippen LogP contribution in [0.25, 0.3) is 0 Å². The molecule has 7 nitrogen and oxygen atoms in total. The highest BCUT2D eigenvalue weighted by Gasteiger charge is 2.37. The van der Waals surface area contributed by atoms with Crippen LogP contribution in [-0.2, 0) is 20.9 Å². The fraction of sp³-hybridized carbons (Fsp3) is 0.304. The zero-order valence-corrected chi connectivity index (χ0v) is 17.6. The van der Waals surface area contributed by atoms with E-state index in [0.717, 1.165) is 0 Å². The molecule has 8 heteroatoms. The molecule has 0 aromatic heterocycles. The summed E-state index contributed by atoms with van der Waals surface area (Å²) in [5, 5.41) is 5.53. The van der Waals surface area contributed by atoms with Gasteiger partial charge in [-0.25, -0.2) is 4.39 Å². The lowest BCUT2D eigenvalue weighted by molar-refractivity contribution is -0.136. The maximum absolute atomic E-state index is 14.2. The van der Waals surface area contributed by atoms with Crippen molar-refractivity contribution in [2.45, 2.75) is 32.4 Å². The molecule has 1 aliphatic rings. The number of benzene rings is 1. The first kappa shape index (κ1) is 23.7.